The van der Waals surface area contributed by atoms with Gasteiger partial charge in [-0.2, -0.15) is 5.10 Å². The Kier molecular flexibility index (Phi) is 3.09. The third-order valence-corrected chi connectivity index (χ3v) is 3.25. The highest BCUT2D eigenvalue weighted by Crippen LogP contribution is 2.24. The lowest BCUT2D eigenvalue weighted by Gasteiger charge is -2.02. The van der Waals surface area contributed by atoms with Gasteiger partial charge < -0.3 is 5.73 Å². The van der Waals surface area contributed by atoms with E-state index in [1.165, 1.54) is 0 Å². The van der Waals surface area contributed by atoms with Crippen LogP contribution in [-0.4, -0.2) is 9.78 Å². The zero-order chi connectivity index (χ0) is 10.8. The molecule has 0 aliphatic rings. The zero-order valence-corrected chi connectivity index (χ0v) is 10.2. The number of halogens is 2. The molecule has 0 saturated heterocycles. The van der Waals surface area contributed by atoms with Crippen LogP contribution < -0.4 is 5.73 Å². The number of hydrogen-bond acceptors (Lipinski definition) is 2. The minimum Gasteiger partial charge on any atom is -0.325 e. The molecule has 0 saturated carbocycles. The molecular formula is C10H9BrClN3. The normalized spacial score (nSPS) is 10.6. The highest BCUT2D eigenvalue weighted by molar-refractivity contribution is 9.10. The fourth-order valence-electron chi connectivity index (χ4n) is 1.24. The monoisotopic (exact) mass is 285 g/mol. The fourth-order valence-corrected chi connectivity index (χ4v) is 1.66. The van der Waals surface area contributed by atoms with E-state index in [9.17, 15) is 0 Å². The van der Waals surface area contributed by atoms with Crippen molar-refractivity contribution in [2.24, 2.45) is 5.73 Å². The van der Waals surface area contributed by atoms with Gasteiger partial charge in [0, 0.05) is 17.2 Å². The van der Waals surface area contributed by atoms with E-state index in [2.05, 4.69) is 21.0 Å². The average Bonchev–Trinajstić information content (AvgIpc) is 2.70. The van der Waals surface area contributed by atoms with Crippen molar-refractivity contribution in [3.05, 3.63) is 45.7 Å². The average molecular weight is 287 g/mol. The first kappa shape index (κ1) is 10.7. The Bertz CT molecular complexity index is 481. The summed E-state index contributed by atoms with van der Waals surface area (Å²) in [6.07, 6.45) is 1.86. The van der Waals surface area contributed by atoms with Crippen LogP contribution in [0.2, 0.25) is 5.02 Å². The SMILES string of the molecule is NCc1ccn(-c2ccc(Br)c(Cl)c2)n1. The number of benzene rings is 1. The molecule has 3 nitrogen and oxygen atoms in total. The second-order valence-electron chi connectivity index (χ2n) is 3.05. The van der Waals surface area contributed by atoms with Crippen LogP contribution in [0, 0.1) is 0 Å². The fraction of sp³-hybridized carbons (Fsp3) is 0.100. The van der Waals surface area contributed by atoms with Crippen molar-refractivity contribution in [3.63, 3.8) is 0 Å². The van der Waals surface area contributed by atoms with E-state index in [-0.39, 0.29) is 0 Å². The lowest BCUT2D eigenvalue weighted by molar-refractivity contribution is 0.833. The largest absolute Gasteiger partial charge is 0.325 e. The van der Waals surface area contributed by atoms with Gasteiger partial charge in [0.15, 0.2) is 0 Å². The molecular weight excluding hydrogens is 277 g/mol. The summed E-state index contributed by atoms with van der Waals surface area (Å²) >= 11 is 9.33. The van der Waals surface area contributed by atoms with Crippen LogP contribution in [0.1, 0.15) is 5.69 Å². The quantitative estimate of drug-likeness (QED) is 0.922. The van der Waals surface area contributed by atoms with Gasteiger partial charge in [0.1, 0.15) is 0 Å². The zero-order valence-electron chi connectivity index (χ0n) is 7.82. The number of nitrogens with zero attached hydrogens (tertiary/aromatic N) is 2. The summed E-state index contributed by atoms with van der Waals surface area (Å²) in [5, 5.41) is 4.95. The van der Waals surface area contributed by atoms with Gasteiger partial charge in [-0.15, -0.1) is 0 Å². The molecule has 1 heterocycles. The molecule has 15 heavy (non-hydrogen) atoms. The first-order valence-corrected chi connectivity index (χ1v) is 5.58. The number of rotatable bonds is 2. The maximum absolute atomic E-state index is 5.99. The van der Waals surface area contributed by atoms with Crippen LogP contribution in [0.4, 0.5) is 0 Å². The topological polar surface area (TPSA) is 43.8 Å². The smallest absolute Gasteiger partial charge is 0.0764 e. The van der Waals surface area contributed by atoms with Crippen molar-refractivity contribution in [3.8, 4) is 5.69 Å². The lowest BCUT2D eigenvalue weighted by atomic mass is 10.3. The number of aromatic nitrogens is 2. The van der Waals surface area contributed by atoms with E-state index in [1.807, 2.05) is 30.5 Å². The molecule has 0 spiro atoms. The summed E-state index contributed by atoms with van der Waals surface area (Å²) in [7, 11) is 0. The van der Waals surface area contributed by atoms with Gasteiger partial charge in [-0.05, 0) is 40.2 Å². The van der Waals surface area contributed by atoms with Gasteiger partial charge in [-0.25, -0.2) is 4.68 Å². The van der Waals surface area contributed by atoms with E-state index in [0.717, 1.165) is 15.9 Å². The highest BCUT2D eigenvalue weighted by Gasteiger charge is 2.02. The maximum Gasteiger partial charge on any atom is 0.0764 e. The number of nitrogens with two attached hydrogens (primary N) is 1. The molecule has 0 aliphatic heterocycles. The molecule has 78 valence electrons. The summed E-state index contributed by atoms with van der Waals surface area (Å²) in [5.74, 6) is 0. The molecule has 2 aromatic rings. The highest BCUT2D eigenvalue weighted by atomic mass is 79.9. The molecule has 0 radical (unpaired) electrons. The summed E-state index contributed by atoms with van der Waals surface area (Å²) in [6, 6.07) is 7.56. The minimum absolute atomic E-state index is 0.442. The summed E-state index contributed by atoms with van der Waals surface area (Å²) < 4.78 is 2.62. The molecule has 0 atom stereocenters. The van der Waals surface area contributed by atoms with Gasteiger partial charge in [0.25, 0.3) is 0 Å². The van der Waals surface area contributed by atoms with Crippen LogP contribution in [0.25, 0.3) is 5.69 Å². The predicted octanol–water partition coefficient (Wildman–Crippen LogP) is 2.75. The Hall–Kier alpha value is -0.840. The van der Waals surface area contributed by atoms with Gasteiger partial charge in [0.2, 0.25) is 0 Å². The van der Waals surface area contributed by atoms with Crippen LogP contribution in [-0.2, 0) is 6.54 Å². The van der Waals surface area contributed by atoms with Crippen LogP contribution >= 0.6 is 27.5 Å². The van der Waals surface area contributed by atoms with E-state index < -0.39 is 0 Å². The second-order valence-corrected chi connectivity index (χ2v) is 4.32. The second kappa shape index (κ2) is 4.35. The standard InChI is InChI=1S/C10H9BrClN3/c11-9-2-1-8(5-10(9)12)15-4-3-7(6-13)14-15/h1-5H,6,13H2. The van der Waals surface area contributed by atoms with Gasteiger partial charge in [0.05, 0.1) is 16.4 Å². The molecule has 5 heteroatoms. The van der Waals surface area contributed by atoms with Crippen LogP contribution in [0.5, 0.6) is 0 Å². The van der Waals surface area contributed by atoms with Crippen molar-refractivity contribution < 1.29 is 0 Å². The summed E-state index contributed by atoms with van der Waals surface area (Å²) in [4.78, 5) is 0. The molecule has 0 amide bonds. The summed E-state index contributed by atoms with van der Waals surface area (Å²) in [5.41, 5.74) is 7.26. The van der Waals surface area contributed by atoms with Gasteiger partial charge in [-0.3, -0.25) is 0 Å². The van der Waals surface area contributed by atoms with Crippen molar-refractivity contribution >= 4 is 27.5 Å². The first-order valence-electron chi connectivity index (χ1n) is 4.41. The molecule has 0 fully saturated rings. The van der Waals surface area contributed by atoms with Crippen molar-refractivity contribution in [2.45, 2.75) is 6.54 Å². The van der Waals surface area contributed by atoms with E-state index in [0.29, 0.717) is 11.6 Å². The number of hydrogen-bond donors (Lipinski definition) is 1. The molecule has 0 unspecified atom stereocenters. The molecule has 2 N–H and O–H groups in total. The predicted molar refractivity (Wildman–Crippen MR) is 64.2 cm³/mol. The van der Waals surface area contributed by atoms with Crippen LogP contribution in [0.3, 0.4) is 0 Å². The maximum atomic E-state index is 5.99. The van der Waals surface area contributed by atoms with Gasteiger partial charge in [-0.1, -0.05) is 11.6 Å². The molecule has 0 aliphatic carbocycles. The lowest BCUT2D eigenvalue weighted by Crippen LogP contribution is -2.00. The molecule has 0 bridgehead atoms. The Balaban J connectivity index is 2.40. The van der Waals surface area contributed by atoms with Crippen molar-refractivity contribution in [1.82, 2.24) is 9.78 Å². The van der Waals surface area contributed by atoms with E-state index in [4.69, 9.17) is 17.3 Å². The Morgan fingerprint density at radius 2 is 2.20 bits per heavy atom. The molecule has 1 aromatic heterocycles. The first-order chi connectivity index (χ1) is 7.20. The van der Waals surface area contributed by atoms with Gasteiger partial charge >= 0.3 is 0 Å². The third-order valence-electron chi connectivity index (χ3n) is 2.02. The van der Waals surface area contributed by atoms with Crippen molar-refractivity contribution in [2.75, 3.05) is 0 Å². The molecule has 1 aromatic carbocycles. The third kappa shape index (κ3) is 2.22. The van der Waals surface area contributed by atoms with Crippen molar-refractivity contribution in [1.29, 1.82) is 0 Å². The van der Waals surface area contributed by atoms with E-state index in [1.54, 1.807) is 4.68 Å². The summed E-state index contributed by atoms with van der Waals surface area (Å²) in [6.45, 7) is 0.442. The Labute approximate surface area is 101 Å². The molecule has 2 rings (SSSR count). The minimum atomic E-state index is 0.442. The Morgan fingerprint density at radius 3 is 2.80 bits per heavy atom. The van der Waals surface area contributed by atoms with Crippen LogP contribution in [0.15, 0.2) is 34.9 Å². The Morgan fingerprint density at radius 1 is 1.40 bits per heavy atom. The van der Waals surface area contributed by atoms with E-state index >= 15 is 0 Å².